The Morgan fingerprint density at radius 3 is 1.22 bits per heavy atom. The average Bonchev–Trinajstić information content (AvgIpc) is 3.77. The topological polar surface area (TPSA) is 0 Å². The van der Waals surface area contributed by atoms with E-state index in [9.17, 15) is 43.9 Å². The van der Waals surface area contributed by atoms with Gasteiger partial charge in [0.2, 0.25) is 7.28 Å². The van der Waals surface area contributed by atoms with Crippen LogP contribution in [0.2, 0.25) is 0 Å². The molecule has 1 aliphatic carbocycles. The molecule has 49 heavy (non-hydrogen) atoms. The summed E-state index contributed by atoms with van der Waals surface area (Å²) in [7, 11) is -0.382. The summed E-state index contributed by atoms with van der Waals surface area (Å²) in [4.78, 5) is 0. The predicted octanol–water partition coefficient (Wildman–Crippen LogP) is 2.90. The van der Waals surface area contributed by atoms with E-state index in [0.717, 1.165) is 6.42 Å². The number of allylic oxidation sites excluding steroid dienone is 4. The van der Waals surface area contributed by atoms with E-state index in [0.29, 0.717) is 0 Å². The first-order chi connectivity index (χ1) is 22.0. The van der Waals surface area contributed by atoms with Crippen LogP contribution in [0.25, 0.3) is 21.5 Å². The second kappa shape index (κ2) is 19.8. The van der Waals surface area contributed by atoms with Gasteiger partial charge in [-0.25, -0.2) is 56.1 Å². The molecular weight excluding hydrogens is 802 g/mol. The van der Waals surface area contributed by atoms with Gasteiger partial charge in [0.05, 0.1) is 0 Å². The summed E-state index contributed by atoms with van der Waals surface area (Å²) < 4.78 is 131. The van der Waals surface area contributed by atoms with Gasteiger partial charge in [0.15, 0.2) is 58.2 Å². The van der Waals surface area contributed by atoms with Gasteiger partial charge < -0.3 is 24.8 Å². The molecule has 0 nitrogen and oxygen atoms in total. The fourth-order valence-electron chi connectivity index (χ4n) is 4.86. The van der Waals surface area contributed by atoms with E-state index in [1.807, 2.05) is 12.2 Å². The smallest absolute Gasteiger partial charge is 1.00 e. The van der Waals surface area contributed by atoms with E-state index in [1.165, 1.54) is 33.9 Å². The van der Waals surface area contributed by atoms with Crippen molar-refractivity contribution >= 4 is 53.0 Å². The summed E-state index contributed by atoms with van der Waals surface area (Å²) in [6.07, 6.45) is 12.6. The largest absolute Gasteiger partial charge is 4.00 e. The van der Waals surface area contributed by atoms with Crippen LogP contribution in [0.5, 0.6) is 0 Å². The predicted molar refractivity (Wildman–Crippen MR) is 164 cm³/mol. The summed E-state index contributed by atoms with van der Waals surface area (Å²) in [5, 5.41) is 7.44. The Kier molecular flexibility index (Phi) is 18.0. The molecule has 6 rings (SSSR count). The number of rotatable bonds is 5. The van der Waals surface area contributed by atoms with Crippen LogP contribution in [0.1, 0.15) is 20.3 Å². The van der Waals surface area contributed by atoms with E-state index >= 15 is 0 Å². The summed E-state index contributed by atoms with van der Waals surface area (Å²) in [6, 6.07) is 17.8. The van der Waals surface area contributed by atoms with Crippen LogP contribution in [0.4, 0.5) is 43.9 Å². The summed E-state index contributed by atoms with van der Waals surface area (Å²) in [6.45, 7) is 4.65. The van der Waals surface area contributed by atoms with Crippen LogP contribution in [0, 0.1) is 64.2 Å². The molecule has 0 unspecified atom stereocenters. The molecule has 0 N–H and O–H groups in total. The molecular formula is C34H23BCl2F10PZr. The molecule has 0 bridgehead atoms. The van der Waals surface area contributed by atoms with E-state index in [1.54, 1.807) is 5.30 Å². The summed E-state index contributed by atoms with van der Waals surface area (Å²) in [5.41, 5.74) is -3.71. The van der Waals surface area contributed by atoms with Crippen LogP contribution < -0.4 is 41.0 Å². The number of fused-ring (bicyclic) bond motifs is 3. The molecule has 5 aromatic rings. The standard InChI is InChI=1S/C17H18P.C12BF10.C5H5.2ClH.Zr/c1-3-18(4-2)17-15-11-7-5-9-13(15)14-10-6-8-12-16(14)17;14-3-1(4(15)8(19)11(22)7(3)18)13-2-5(16)9(20)12(23)10(21)6(2)17;1-2-4-5-3-1;;;/h5-12H,3-4H2,1-2H3;;1-3H,4H2;2*1H;/q-1;;-1;;;+4/p-2. The first kappa shape index (κ1) is 44.5. The fourth-order valence-corrected chi connectivity index (χ4v) is 7.01. The van der Waals surface area contributed by atoms with Crippen LogP contribution in [0.15, 0.2) is 66.8 Å². The molecule has 0 heterocycles. The maximum Gasteiger partial charge on any atom is 4.00 e. The molecule has 0 saturated heterocycles. The van der Waals surface area contributed by atoms with Crippen molar-refractivity contribution in [1.29, 1.82) is 0 Å². The van der Waals surface area contributed by atoms with Gasteiger partial charge in [0.25, 0.3) is 0 Å². The van der Waals surface area contributed by atoms with Gasteiger partial charge in [-0.05, 0) is 23.2 Å². The zero-order chi connectivity index (χ0) is 33.7. The normalized spacial score (nSPS) is 11.3. The molecule has 5 aromatic carbocycles. The zero-order valence-electron chi connectivity index (χ0n) is 25.5. The zero-order valence-corrected chi connectivity index (χ0v) is 30.4. The average molecular weight is 825 g/mol. The Bertz CT molecular complexity index is 1770. The number of benzene rings is 4. The first-order valence-electron chi connectivity index (χ1n) is 13.9. The molecule has 0 atom stereocenters. The van der Waals surface area contributed by atoms with Gasteiger partial charge in [0, 0.05) is 0 Å². The second-order valence-electron chi connectivity index (χ2n) is 9.73. The van der Waals surface area contributed by atoms with Crippen molar-refractivity contribution < 1.29 is 94.9 Å². The Labute approximate surface area is 310 Å². The third-order valence-electron chi connectivity index (χ3n) is 7.10. The van der Waals surface area contributed by atoms with Crippen molar-refractivity contribution in [1.82, 2.24) is 0 Å². The molecule has 0 fully saturated rings. The fraction of sp³-hybridized carbons (Fsp3) is 0.147. The SMILES string of the molecule is CCP(CC)[c-]1c2ccccc2c2ccccc21.Fc1c(F)c(F)c([B]c2c(F)c(F)c(F)c(F)c2F)c(F)c1F.[C-]1=CC=CC1.[Cl-].[Cl-].[Zr+4]. The van der Waals surface area contributed by atoms with Crippen LogP contribution in [-0.4, -0.2) is 19.6 Å². The quantitative estimate of drug-likeness (QED) is 0.0640. The van der Waals surface area contributed by atoms with Crippen molar-refractivity contribution in [2.45, 2.75) is 20.3 Å². The van der Waals surface area contributed by atoms with Crippen LogP contribution >= 0.6 is 7.92 Å². The molecule has 0 aliphatic heterocycles. The van der Waals surface area contributed by atoms with Crippen molar-refractivity contribution in [2.75, 3.05) is 12.3 Å². The van der Waals surface area contributed by atoms with Crippen molar-refractivity contribution in [3.05, 3.63) is 131 Å². The molecule has 0 aromatic heterocycles. The van der Waals surface area contributed by atoms with Gasteiger partial charge in [-0.1, -0.05) is 55.6 Å². The minimum absolute atomic E-state index is 0. The van der Waals surface area contributed by atoms with Crippen molar-refractivity contribution in [2.24, 2.45) is 0 Å². The Balaban J connectivity index is 0.000000412. The van der Waals surface area contributed by atoms with E-state index in [4.69, 9.17) is 0 Å². The first-order valence-corrected chi connectivity index (χ1v) is 15.6. The Hall–Kier alpha value is -2.51. The van der Waals surface area contributed by atoms with Gasteiger partial charge in [-0.15, -0.1) is 48.0 Å². The number of hydrogen-bond donors (Lipinski definition) is 0. The molecule has 255 valence electrons. The van der Waals surface area contributed by atoms with Crippen LogP contribution in [0.3, 0.4) is 0 Å². The van der Waals surface area contributed by atoms with Crippen molar-refractivity contribution in [3.8, 4) is 0 Å². The Morgan fingerprint density at radius 1 is 0.592 bits per heavy atom. The molecule has 0 amide bonds. The van der Waals surface area contributed by atoms with E-state index in [2.05, 4.69) is 74.5 Å². The molecule has 0 saturated carbocycles. The van der Waals surface area contributed by atoms with Crippen molar-refractivity contribution in [3.63, 3.8) is 0 Å². The van der Waals surface area contributed by atoms with E-state index in [-0.39, 0.29) is 66.2 Å². The van der Waals surface area contributed by atoms with Gasteiger partial charge >= 0.3 is 26.2 Å². The molecule has 1 radical (unpaired) electrons. The van der Waals surface area contributed by atoms with Gasteiger partial charge in [-0.2, -0.15) is 6.08 Å². The number of hydrogen-bond acceptors (Lipinski definition) is 0. The molecule has 15 heteroatoms. The second-order valence-corrected chi connectivity index (χ2v) is 12.5. The molecule has 1 aliphatic rings. The maximum atomic E-state index is 13.4. The van der Waals surface area contributed by atoms with Gasteiger partial charge in [-0.3, -0.25) is 6.08 Å². The number of halogens is 12. The Morgan fingerprint density at radius 2 is 0.939 bits per heavy atom. The summed E-state index contributed by atoms with van der Waals surface area (Å²) in [5.74, 6) is -24.9. The minimum Gasteiger partial charge on any atom is -1.00 e. The summed E-state index contributed by atoms with van der Waals surface area (Å²) >= 11 is 0. The molecule has 0 spiro atoms. The maximum absolute atomic E-state index is 13.4. The monoisotopic (exact) mass is 823 g/mol. The van der Waals surface area contributed by atoms with Gasteiger partial charge in [0.1, 0.15) is 0 Å². The van der Waals surface area contributed by atoms with Crippen LogP contribution in [-0.2, 0) is 26.2 Å². The third-order valence-corrected chi connectivity index (χ3v) is 9.74. The third kappa shape index (κ3) is 9.24. The minimum atomic E-state index is -2.55. The van der Waals surface area contributed by atoms with E-state index < -0.39 is 69.1 Å².